The van der Waals surface area contributed by atoms with E-state index in [4.69, 9.17) is 4.74 Å². The molecule has 4 heteroatoms. The van der Waals surface area contributed by atoms with E-state index >= 15 is 0 Å². The van der Waals surface area contributed by atoms with Crippen molar-refractivity contribution in [3.63, 3.8) is 0 Å². The molecule has 1 N–H and O–H groups in total. The smallest absolute Gasteiger partial charge is 0.124 e. The minimum absolute atomic E-state index is 0.213. The third kappa shape index (κ3) is 4.34. The van der Waals surface area contributed by atoms with E-state index in [1.807, 2.05) is 0 Å². The van der Waals surface area contributed by atoms with Gasteiger partial charge in [-0.1, -0.05) is 34.8 Å². The van der Waals surface area contributed by atoms with Crippen LogP contribution in [0.2, 0.25) is 0 Å². The highest BCUT2D eigenvalue weighted by Crippen LogP contribution is 2.20. The van der Waals surface area contributed by atoms with E-state index in [0.717, 1.165) is 29.7 Å². The molecule has 18 heavy (non-hydrogen) atoms. The van der Waals surface area contributed by atoms with Crippen LogP contribution in [-0.2, 0) is 11.3 Å². The summed E-state index contributed by atoms with van der Waals surface area (Å²) in [5.41, 5.74) is 1.07. The van der Waals surface area contributed by atoms with Crippen molar-refractivity contribution in [1.82, 2.24) is 5.32 Å². The summed E-state index contributed by atoms with van der Waals surface area (Å²) in [6.07, 6.45) is 5.51. The second kappa shape index (κ2) is 7.22. The number of benzene rings is 1. The summed E-state index contributed by atoms with van der Waals surface area (Å²) in [7, 11) is 0. The van der Waals surface area contributed by atoms with E-state index in [1.165, 1.54) is 37.8 Å². The molecule has 1 aliphatic rings. The molecule has 0 bridgehead atoms. The zero-order valence-corrected chi connectivity index (χ0v) is 12.0. The Hall–Kier alpha value is -0.450. The van der Waals surface area contributed by atoms with Crippen molar-refractivity contribution in [2.75, 3.05) is 13.2 Å². The fraction of sp³-hybridized carbons (Fsp3) is 0.571. The van der Waals surface area contributed by atoms with E-state index in [9.17, 15) is 4.39 Å². The molecule has 0 spiro atoms. The van der Waals surface area contributed by atoms with Crippen LogP contribution in [0.1, 0.15) is 31.2 Å². The Morgan fingerprint density at radius 2 is 2.11 bits per heavy atom. The Kier molecular flexibility index (Phi) is 5.60. The highest BCUT2D eigenvalue weighted by atomic mass is 79.9. The molecule has 0 saturated heterocycles. The van der Waals surface area contributed by atoms with Gasteiger partial charge in [-0.15, -0.1) is 0 Å². The van der Waals surface area contributed by atoms with Gasteiger partial charge in [-0.3, -0.25) is 0 Å². The van der Waals surface area contributed by atoms with E-state index in [0.29, 0.717) is 6.10 Å². The Labute approximate surface area is 116 Å². The molecule has 1 aliphatic carbocycles. The Morgan fingerprint density at radius 1 is 1.33 bits per heavy atom. The van der Waals surface area contributed by atoms with Crippen molar-refractivity contribution in [3.8, 4) is 0 Å². The van der Waals surface area contributed by atoms with Crippen LogP contribution in [0, 0.1) is 5.82 Å². The zero-order chi connectivity index (χ0) is 12.8. The molecule has 0 unspecified atom stereocenters. The molecular weight excluding hydrogens is 297 g/mol. The highest BCUT2D eigenvalue weighted by molar-refractivity contribution is 9.10. The largest absolute Gasteiger partial charge is 0.377 e. The van der Waals surface area contributed by atoms with Crippen LogP contribution in [0.15, 0.2) is 22.7 Å². The van der Waals surface area contributed by atoms with Crippen LogP contribution in [-0.4, -0.2) is 19.3 Å². The standard InChI is InChI=1S/C14H19BrFNO/c15-14-9-12(16)6-5-11(14)10-17-7-8-18-13-3-1-2-4-13/h5-6,9,13,17H,1-4,7-8,10H2. The lowest BCUT2D eigenvalue weighted by atomic mass is 10.2. The number of hydrogen-bond donors (Lipinski definition) is 1. The molecule has 0 aliphatic heterocycles. The average molecular weight is 316 g/mol. The predicted octanol–water partition coefficient (Wildman–Crippen LogP) is 3.64. The molecule has 0 radical (unpaired) electrons. The summed E-state index contributed by atoms with van der Waals surface area (Å²) in [6.45, 7) is 2.32. The number of nitrogens with one attached hydrogen (secondary N) is 1. The second-order valence-corrected chi connectivity index (χ2v) is 5.54. The first-order valence-electron chi connectivity index (χ1n) is 6.52. The van der Waals surface area contributed by atoms with Crippen molar-refractivity contribution in [1.29, 1.82) is 0 Å². The van der Waals surface area contributed by atoms with Crippen molar-refractivity contribution in [3.05, 3.63) is 34.1 Å². The average Bonchev–Trinajstić information content (AvgIpc) is 2.84. The SMILES string of the molecule is Fc1ccc(CNCCOC2CCCC2)c(Br)c1. The lowest BCUT2D eigenvalue weighted by Crippen LogP contribution is -2.22. The molecule has 1 saturated carbocycles. The third-order valence-electron chi connectivity index (χ3n) is 3.27. The maximum Gasteiger partial charge on any atom is 0.124 e. The topological polar surface area (TPSA) is 21.3 Å². The molecule has 1 fully saturated rings. The van der Waals surface area contributed by atoms with Gasteiger partial charge in [-0.05, 0) is 30.5 Å². The lowest BCUT2D eigenvalue weighted by Gasteiger charge is -2.12. The highest BCUT2D eigenvalue weighted by Gasteiger charge is 2.14. The van der Waals surface area contributed by atoms with Gasteiger partial charge in [0, 0.05) is 17.6 Å². The van der Waals surface area contributed by atoms with E-state index in [2.05, 4.69) is 21.2 Å². The maximum atomic E-state index is 12.9. The Balaban J connectivity index is 1.62. The number of halogens is 2. The molecule has 0 heterocycles. The van der Waals surface area contributed by atoms with Gasteiger partial charge >= 0.3 is 0 Å². The first-order chi connectivity index (χ1) is 8.75. The van der Waals surface area contributed by atoms with Crippen molar-refractivity contribution >= 4 is 15.9 Å². The Bertz CT molecular complexity index is 380. The van der Waals surface area contributed by atoms with Gasteiger partial charge in [0.15, 0.2) is 0 Å². The van der Waals surface area contributed by atoms with Gasteiger partial charge in [0.05, 0.1) is 12.7 Å². The van der Waals surface area contributed by atoms with Crippen LogP contribution in [0.25, 0.3) is 0 Å². The normalized spacial score (nSPS) is 16.3. The van der Waals surface area contributed by atoms with Gasteiger partial charge < -0.3 is 10.1 Å². The first-order valence-corrected chi connectivity index (χ1v) is 7.31. The van der Waals surface area contributed by atoms with Crippen LogP contribution >= 0.6 is 15.9 Å². The Morgan fingerprint density at radius 3 is 2.83 bits per heavy atom. The monoisotopic (exact) mass is 315 g/mol. The molecule has 0 amide bonds. The molecule has 1 aromatic carbocycles. The summed E-state index contributed by atoms with van der Waals surface area (Å²) < 4.78 is 19.5. The molecular formula is C14H19BrFNO. The summed E-state index contributed by atoms with van der Waals surface area (Å²) in [5, 5.41) is 3.31. The van der Waals surface area contributed by atoms with E-state index < -0.39 is 0 Å². The van der Waals surface area contributed by atoms with Gasteiger partial charge in [0.25, 0.3) is 0 Å². The number of rotatable bonds is 6. The summed E-state index contributed by atoms with van der Waals surface area (Å²) in [5.74, 6) is -0.213. The fourth-order valence-corrected chi connectivity index (χ4v) is 2.73. The van der Waals surface area contributed by atoms with Gasteiger partial charge in [0.2, 0.25) is 0 Å². The van der Waals surface area contributed by atoms with Gasteiger partial charge in [-0.25, -0.2) is 4.39 Å². The molecule has 0 atom stereocenters. The molecule has 2 rings (SSSR count). The summed E-state index contributed by atoms with van der Waals surface area (Å²) in [6, 6.07) is 4.77. The van der Waals surface area contributed by atoms with Crippen LogP contribution in [0.3, 0.4) is 0 Å². The minimum atomic E-state index is -0.213. The van der Waals surface area contributed by atoms with Gasteiger partial charge in [0.1, 0.15) is 5.82 Å². The van der Waals surface area contributed by atoms with E-state index in [-0.39, 0.29) is 5.82 Å². The molecule has 100 valence electrons. The third-order valence-corrected chi connectivity index (χ3v) is 4.00. The predicted molar refractivity (Wildman–Crippen MR) is 74.0 cm³/mol. The minimum Gasteiger partial charge on any atom is -0.377 e. The maximum absolute atomic E-state index is 12.9. The molecule has 1 aromatic rings. The molecule has 2 nitrogen and oxygen atoms in total. The number of hydrogen-bond acceptors (Lipinski definition) is 2. The van der Waals surface area contributed by atoms with Crippen LogP contribution in [0.4, 0.5) is 4.39 Å². The second-order valence-electron chi connectivity index (χ2n) is 4.69. The first kappa shape index (κ1) is 14.0. The number of ether oxygens (including phenoxy) is 1. The van der Waals surface area contributed by atoms with Crippen molar-refractivity contribution in [2.24, 2.45) is 0 Å². The quantitative estimate of drug-likeness (QED) is 0.809. The fourth-order valence-electron chi connectivity index (χ4n) is 2.24. The lowest BCUT2D eigenvalue weighted by molar-refractivity contribution is 0.0602. The van der Waals surface area contributed by atoms with Crippen molar-refractivity contribution in [2.45, 2.75) is 38.3 Å². The van der Waals surface area contributed by atoms with Crippen LogP contribution < -0.4 is 5.32 Å². The van der Waals surface area contributed by atoms with E-state index in [1.54, 1.807) is 6.07 Å². The summed E-state index contributed by atoms with van der Waals surface area (Å²) >= 11 is 3.36. The zero-order valence-electron chi connectivity index (χ0n) is 10.4. The van der Waals surface area contributed by atoms with Crippen molar-refractivity contribution < 1.29 is 9.13 Å². The molecule has 0 aromatic heterocycles. The summed E-state index contributed by atoms with van der Waals surface area (Å²) in [4.78, 5) is 0. The van der Waals surface area contributed by atoms with Crippen LogP contribution in [0.5, 0.6) is 0 Å². The van der Waals surface area contributed by atoms with Gasteiger partial charge in [-0.2, -0.15) is 0 Å².